The fraction of sp³-hybridized carbons (Fsp3) is 0.357. The summed E-state index contributed by atoms with van der Waals surface area (Å²) in [5.74, 6) is 1.02. The number of nitrogens with zero attached hydrogens (tertiary/aromatic N) is 1. The van der Waals surface area contributed by atoms with E-state index in [0.29, 0.717) is 6.04 Å². The minimum Gasteiger partial charge on any atom is -0.349 e. The SMILES string of the molecule is CNC(Cc1ncc[nH]1)c1ccc(C)c(C)c1. The Bertz CT molecular complexity index is 474. The van der Waals surface area contributed by atoms with Gasteiger partial charge in [0.25, 0.3) is 0 Å². The number of H-pyrrole nitrogens is 1. The number of benzene rings is 1. The number of aromatic amines is 1. The molecule has 0 amide bonds. The van der Waals surface area contributed by atoms with Crippen molar-refractivity contribution < 1.29 is 0 Å². The van der Waals surface area contributed by atoms with Gasteiger partial charge < -0.3 is 10.3 Å². The van der Waals surface area contributed by atoms with E-state index in [1.165, 1.54) is 16.7 Å². The highest BCUT2D eigenvalue weighted by atomic mass is 14.9. The van der Waals surface area contributed by atoms with Crippen molar-refractivity contribution in [3.05, 3.63) is 53.1 Å². The van der Waals surface area contributed by atoms with E-state index >= 15 is 0 Å². The summed E-state index contributed by atoms with van der Waals surface area (Å²) in [6, 6.07) is 6.92. The van der Waals surface area contributed by atoms with Crippen LogP contribution in [0.2, 0.25) is 0 Å². The van der Waals surface area contributed by atoms with Crippen molar-refractivity contribution >= 4 is 0 Å². The largest absolute Gasteiger partial charge is 0.349 e. The van der Waals surface area contributed by atoms with Crippen molar-refractivity contribution in [2.45, 2.75) is 26.3 Å². The highest BCUT2D eigenvalue weighted by Crippen LogP contribution is 2.19. The quantitative estimate of drug-likeness (QED) is 0.845. The van der Waals surface area contributed by atoms with Gasteiger partial charge in [-0.25, -0.2) is 4.98 Å². The summed E-state index contributed by atoms with van der Waals surface area (Å²) in [6.45, 7) is 4.29. The Labute approximate surface area is 102 Å². The highest BCUT2D eigenvalue weighted by molar-refractivity contribution is 5.32. The first-order valence-corrected chi connectivity index (χ1v) is 5.93. The molecule has 90 valence electrons. The molecule has 1 aromatic heterocycles. The second-order valence-corrected chi connectivity index (χ2v) is 4.42. The van der Waals surface area contributed by atoms with Crippen molar-refractivity contribution in [1.82, 2.24) is 15.3 Å². The summed E-state index contributed by atoms with van der Waals surface area (Å²) in [5.41, 5.74) is 3.98. The fourth-order valence-corrected chi connectivity index (χ4v) is 1.97. The lowest BCUT2D eigenvalue weighted by molar-refractivity contribution is 0.577. The molecule has 3 heteroatoms. The zero-order valence-corrected chi connectivity index (χ0v) is 10.6. The molecule has 2 rings (SSSR count). The summed E-state index contributed by atoms with van der Waals surface area (Å²) in [4.78, 5) is 7.42. The van der Waals surface area contributed by atoms with Crippen LogP contribution in [0.1, 0.15) is 28.6 Å². The smallest absolute Gasteiger partial charge is 0.107 e. The van der Waals surface area contributed by atoms with Gasteiger partial charge in [0.2, 0.25) is 0 Å². The summed E-state index contributed by atoms with van der Waals surface area (Å²) < 4.78 is 0. The first-order chi connectivity index (χ1) is 8.20. The Hall–Kier alpha value is -1.61. The minimum absolute atomic E-state index is 0.306. The van der Waals surface area contributed by atoms with E-state index in [1.807, 2.05) is 13.2 Å². The number of aryl methyl sites for hydroxylation is 2. The van der Waals surface area contributed by atoms with Crippen LogP contribution in [-0.4, -0.2) is 17.0 Å². The third kappa shape index (κ3) is 2.74. The molecule has 17 heavy (non-hydrogen) atoms. The van der Waals surface area contributed by atoms with Crippen LogP contribution < -0.4 is 5.32 Å². The van der Waals surface area contributed by atoms with Crippen molar-refractivity contribution in [3.63, 3.8) is 0 Å². The third-order valence-electron chi connectivity index (χ3n) is 3.23. The van der Waals surface area contributed by atoms with Gasteiger partial charge in [0, 0.05) is 24.9 Å². The molecular formula is C14H19N3. The highest BCUT2D eigenvalue weighted by Gasteiger charge is 2.11. The number of nitrogens with one attached hydrogen (secondary N) is 2. The molecule has 0 aliphatic carbocycles. The van der Waals surface area contributed by atoms with Crippen LogP contribution >= 0.6 is 0 Å². The summed E-state index contributed by atoms with van der Waals surface area (Å²) in [7, 11) is 1.99. The number of rotatable bonds is 4. The normalized spacial score (nSPS) is 12.6. The average Bonchev–Trinajstić information content (AvgIpc) is 2.82. The van der Waals surface area contributed by atoms with E-state index in [4.69, 9.17) is 0 Å². The van der Waals surface area contributed by atoms with Crippen LogP contribution in [0, 0.1) is 13.8 Å². The van der Waals surface area contributed by atoms with Crippen molar-refractivity contribution in [2.75, 3.05) is 7.05 Å². The van der Waals surface area contributed by atoms with Crippen LogP contribution in [-0.2, 0) is 6.42 Å². The minimum atomic E-state index is 0.306. The van der Waals surface area contributed by atoms with Gasteiger partial charge in [-0.1, -0.05) is 18.2 Å². The molecule has 0 aliphatic heterocycles. The van der Waals surface area contributed by atoms with Crippen molar-refractivity contribution in [1.29, 1.82) is 0 Å². The number of aromatic nitrogens is 2. The molecular weight excluding hydrogens is 210 g/mol. The Morgan fingerprint density at radius 3 is 2.71 bits per heavy atom. The van der Waals surface area contributed by atoms with Gasteiger partial charge >= 0.3 is 0 Å². The topological polar surface area (TPSA) is 40.7 Å². The summed E-state index contributed by atoms with van der Waals surface area (Å²) in [5, 5.41) is 3.34. The van der Waals surface area contributed by atoms with Crippen molar-refractivity contribution in [2.24, 2.45) is 0 Å². The first kappa shape index (κ1) is 11.9. The Morgan fingerprint density at radius 1 is 1.29 bits per heavy atom. The van der Waals surface area contributed by atoms with E-state index in [-0.39, 0.29) is 0 Å². The van der Waals surface area contributed by atoms with Crippen molar-refractivity contribution in [3.8, 4) is 0 Å². The second kappa shape index (κ2) is 5.15. The van der Waals surface area contributed by atoms with E-state index in [0.717, 1.165) is 12.2 Å². The Morgan fingerprint density at radius 2 is 2.12 bits per heavy atom. The fourth-order valence-electron chi connectivity index (χ4n) is 1.97. The van der Waals surface area contributed by atoms with Crippen LogP contribution in [0.3, 0.4) is 0 Å². The molecule has 0 bridgehead atoms. The average molecular weight is 229 g/mol. The molecule has 0 fully saturated rings. The molecule has 0 spiro atoms. The maximum absolute atomic E-state index is 4.27. The molecule has 0 aliphatic rings. The van der Waals surface area contributed by atoms with E-state index < -0.39 is 0 Å². The van der Waals surface area contributed by atoms with Crippen LogP contribution in [0.5, 0.6) is 0 Å². The summed E-state index contributed by atoms with van der Waals surface area (Å²) >= 11 is 0. The number of hydrogen-bond acceptors (Lipinski definition) is 2. The molecule has 0 radical (unpaired) electrons. The standard InChI is InChI=1S/C14H19N3/c1-10-4-5-12(8-11(10)2)13(15-3)9-14-16-6-7-17-14/h4-8,13,15H,9H2,1-3H3,(H,16,17). The van der Waals surface area contributed by atoms with Gasteiger partial charge in [-0.15, -0.1) is 0 Å². The predicted molar refractivity (Wildman–Crippen MR) is 70.0 cm³/mol. The maximum Gasteiger partial charge on any atom is 0.107 e. The second-order valence-electron chi connectivity index (χ2n) is 4.42. The van der Waals surface area contributed by atoms with E-state index in [9.17, 15) is 0 Å². The summed E-state index contributed by atoms with van der Waals surface area (Å²) in [6.07, 6.45) is 4.54. The van der Waals surface area contributed by atoms with Crippen LogP contribution in [0.15, 0.2) is 30.6 Å². The number of hydrogen-bond donors (Lipinski definition) is 2. The maximum atomic E-state index is 4.27. The predicted octanol–water partition coefficient (Wildman–Crippen LogP) is 2.53. The zero-order chi connectivity index (χ0) is 12.3. The van der Waals surface area contributed by atoms with Gasteiger partial charge in [0.1, 0.15) is 5.82 Å². The lowest BCUT2D eigenvalue weighted by atomic mass is 9.99. The van der Waals surface area contributed by atoms with Gasteiger partial charge in [-0.05, 0) is 37.6 Å². The molecule has 1 aromatic carbocycles. The molecule has 0 saturated heterocycles. The molecule has 1 atom stereocenters. The van der Waals surface area contributed by atoms with Gasteiger partial charge in [-0.2, -0.15) is 0 Å². The molecule has 1 heterocycles. The molecule has 2 N–H and O–H groups in total. The lowest BCUT2D eigenvalue weighted by Gasteiger charge is -2.16. The van der Waals surface area contributed by atoms with Gasteiger partial charge in [-0.3, -0.25) is 0 Å². The van der Waals surface area contributed by atoms with Crippen LogP contribution in [0.4, 0.5) is 0 Å². The zero-order valence-electron chi connectivity index (χ0n) is 10.6. The monoisotopic (exact) mass is 229 g/mol. The third-order valence-corrected chi connectivity index (χ3v) is 3.23. The Kier molecular flexibility index (Phi) is 3.59. The number of likely N-dealkylation sites (N-methyl/N-ethyl adjacent to an activating group) is 1. The van der Waals surface area contributed by atoms with E-state index in [1.54, 1.807) is 6.20 Å². The molecule has 2 aromatic rings. The molecule has 3 nitrogen and oxygen atoms in total. The molecule has 1 unspecified atom stereocenters. The van der Waals surface area contributed by atoms with Gasteiger partial charge in [0.05, 0.1) is 0 Å². The van der Waals surface area contributed by atoms with Gasteiger partial charge in [0.15, 0.2) is 0 Å². The number of imidazole rings is 1. The Balaban J connectivity index is 2.20. The molecule has 0 saturated carbocycles. The first-order valence-electron chi connectivity index (χ1n) is 5.93. The van der Waals surface area contributed by atoms with E-state index in [2.05, 4.69) is 47.3 Å². The van der Waals surface area contributed by atoms with Crippen LogP contribution in [0.25, 0.3) is 0 Å². The lowest BCUT2D eigenvalue weighted by Crippen LogP contribution is -2.19.